The molecule has 0 aromatic heterocycles. The Bertz CT molecular complexity index is 615. The zero-order valence-electron chi connectivity index (χ0n) is 17.2. The smallest absolute Gasteiger partial charge is 0.145 e. The fourth-order valence-corrected chi connectivity index (χ4v) is 5.40. The third kappa shape index (κ3) is 6.05. The zero-order chi connectivity index (χ0) is 19.9. The maximum absolute atomic E-state index is 13.7. The van der Waals surface area contributed by atoms with Crippen molar-refractivity contribution in [3.05, 3.63) is 46.5 Å². The minimum absolute atomic E-state index is 0.270. The average Bonchev–Trinajstić information content (AvgIpc) is 2.71. The van der Waals surface area contributed by atoms with E-state index in [-0.39, 0.29) is 10.9 Å². The Kier molecular flexibility index (Phi) is 8.38. The van der Waals surface area contributed by atoms with Crippen molar-refractivity contribution in [2.45, 2.75) is 89.9 Å². The molecule has 3 rings (SSSR count). The summed E-state index contributed by atoms with van der Waals surface area (Å²) in [5.41, 5.74) is 0.774. The fourth-order valence-electron chi connectivity index (χ4n) is 5.29. The Morgan fingerprint density at radius 2 is 1.46 bits per heavy atom. The molecule has 0 spiro atoms. The van der Waals surface area contributed by atoms with E-state index < -0.39 is 11.6 Å². The van der Waals surface area contributed by atoms with Crippen LogP contribution in [0.1, 0.15) is 95.5 Å². The molecule has 156 valence electrons. The van der Waals surface area contributed by atoms with Crippen LogP contribution in [0.3, 0.4) is 0 Å². The van der Waals surface area contributed by atoms with Gasteiger partial charge in [-0.15, -0.1) is 0 Å². The molecule has 0 saturated heterocycles. The molecule has 0 N–H and O–H groups in total. The zero-order valence-corrected chi connectivity index (χ0v) is 18.0. The molecule has 1 aromatic rings. The van der Waals surface area contributed by atoms with E-state index in [0.717, 1.165) is 49.0 Å². The van der Waals surface area contributed by atoms with E-state index in [2.05, 4.69) is 19.1 Å². The molecule has 0 aliphatic heterocycles. The van der Waals surface area contributed by atoms with Gasteiger partial charge in [0.15, 0.2) is 0 Å². The first-order valence-electron chi connectivity index (χ1n) is 11.4. The van der Waals surface area contributed by atoms with Crippen molar-refractivity contribution in [3.63, 3.8) is 0 Å². The predicted octanol–water partition coefficient (Wildman–Crippen LogP) is 8.83. The normalized spacial score (nSPS) is 28.7. The molecule has 0 atom stereocenters. The van der Waals surface area contributed by atoms with Crippen molar-refractivity contribution in [1.82, 2.24) is 0 Å². The van der Waals surface area contributed by atoms with E-state index in [1.54, 1.807) is 0 Å². The third-order valence-electron chi connectivity index (χ3n) is 7.06. The molecule has 1 aromatic carbocycles. The first kappa shape index (κ1) is 21.8. The molecular formula is C25H35ClF2. The van der Waals surface area contributed by atoms with Crippen molar-refractivity contribution in [3.8, 4) is 0 Å². The average molecular weight is 409 g/mol. The molecule has 0 heterocycles. The summed E-state index contributed by atoms with van der Waals surface area (Å²) in [6.07, 6.45) is 20.0. The Labute approximate surface area is 174 Å². The Morgan fingerprint density at radius 1 is 0.893 bits per heavy atom. The lowest BCUT2D eigenvalue weighted by Crippen LogP contribution is -2.14. The topological polar surface area (TPSA) is 0 Å². The molecule has 2 fully saturated rings. The maximum Gasteiger partial charge on any atom is 0.145 e. The summed E-state index contributed by atoms with van der Waals surface area (Å²) in [7, 11) is 0. The van der Waals surface area contributed by atoms with E-state index in [1.807, 2.05) is 0 Å². The lowest BCUT2D eigenvalue weighted by molar-refractivity contribution is 0.293. The van der Waals surface area contributed by atoms with Gasteiger partial charge in [-0.1, -0.05) is 43.5 Å². The highest BCUT2D eigenvalue weighted by molar-refractivity contribution is 6.30. The highest BCUT2D eigenvalue weighted by atomic mass is 35.5. The molecule has 0 radical (unpaired) electrons. The van der Waals surface area contributed by atoms with Crippen molar-refractivity contribution in [1.29, 1.82) is 0 Å². The monoisotopic (exact) mass is 408 g/mol. The van der Waals surface area contributed by atoms with Crippen LogP contribution in [0.5, 0.6) is 0 Å². The summed E-state index contributed by atoms with van der Waals surface area (Å²) >= 11 is 5.60. The minimum atomic E-state index is -0.632. The minimum Gasteiger partial charge on any atom is -0.205 e. The summed E-state index contributed by atoms with van der Waals surface area (Å²) in [5.74, 6) is 1.54. The summed E-state index contributed by atoms with van der Waals surface area (Å²) in [6, 6.07) is 2.85. The van der Waals surface area contributed by atoms with Crippen molar-refractivity contribution in [2.24, 2.45) is 17.8 Å². The maximum atomic E-state index is 13.7. The van der Waals surface area contributed by atoms with Crippen LogP contribution in [0.2, 0.25) is 5.02 Å². The number of hydrogen-bond donors (Lipinski definition) is 0. The molecule has 0 amide bonds. The Balaban J connectivity index is 1.36. The first-order valence-corrected chi connectivity index (χ1v) is 11.8. The van der Waals surface area contributed by atoms with Gasteiger partial charge in [0.25, 0.3) is 0 Å². The quantitative estimate of drug-likeness (QED) is 0.312. The molecule has 2 aliphatic rings. The lowest BCUT2D eigenvalue weighted by Gasteiger charge is -2.29. The van der Waals surface area contributed by atoms with E-state index in [4.69, 9.17) is 11.6 Å². The van der Waals surface area contributed by atoms with E-state index in [9.17, 15) is 8.78 Å². The molecular weight excluding hydrogens is 374 g/mol. The molecule has 2 saturated carbocycles. The number of rotatable bonds is 7. The summed E-state index contributed by atoms with van der Waals surface area (Å²) < 4.78 is 27.4. The summed E-state index contributed by atoms with van der Waals surface area (Å²) in [4.78, 5) is 0. The first-order chi connectivity index (χ1) is 13.6. The predicted molar refractivity (Wildman–Crippen MR) is 115 cm³/mol. The number of benzene rings is 1. The van der Waals surface area contributed by atoms with Crippen LogP contribution in [0.4, 0.5) is 8.78 Å². The second-order valence-electron chi connectivity index (χ2n) is 9.09. The van der Waals surface area contributed by atoms with E-state index in [1.165, 1.54) is 63.5 Å². The van der Waals surface area contributed by atoms with Crippen LogP contribution in [0, 0.1) is 29.4 Å². The van der Waals surface area contributed by atoms with Gasteiger partial charge in [-0.2, -0.15) is 0 Å². The van der Waals surface area contributed by atoms with Gasteiger partial charge in [0, 0.05) is 0 Å². The number of allylic oxidation sites excluding steroid dienone is 2. The second-order valence-corrected chi connectivity index (χ2v) is 9.47. The third-order valence-corrected chi connectivity index (χ3v) is 7.42. The Morgan fingerprint density at radius 3 is 2.07 bits per heavy atom. The molecule has 28 heavy (non-hydrogen) atoms. The summed E-state index contributed by atoms with van der Waals surface area (Å²) in [5, 5.41) is -0.386. The highest BCUT2D eigenvalue weighted by Crippen LogP contribution is 2.39. The second kappa shape index (κ2) is 10.8. The van der Waals surface area contributed by atoms with Gasteiger partial charge in [-0.05, 0) is 106 Å². The molecule has 0 unspecified atom stereocenters. The van der Waals surface area contributed by atoms with E-state index in [0.29, 0.717) is 0 Å². The number of hydrogen-bond acceptors (Lipinski definition) is 0. The van der Waals surface area contributed by atoms with Gasteiger partial charge >= 0.3 is 0 Å². The van der Waals surface area contributed by atoms with Crippen LogP contribution >= 0.6 is 11.6 Å². The SMILES string of the molecule is CCCC1CCC(/C=C/CCC2CCC(c3cc(F)c(Cl)c(F)c3)CC2)CC1. The van der Waals surface area contributed by atoms with Gasteiger partial charge in [0.1, 0.15) is 16.7 Å². The Hall–Kier alpha value is -0.890. The largest absolute Gasteiger partial charge is 0.205 e. The van der Waals surface area contributed by atoms with Crippen molar-refractivity contribution in [2.75, 3.05) is 0 Å². The van der Waals surface area contributed by atoms with Gasteiger partial charge in [-0.25, -0.2) is 8.78 Å². The van der Waals surface area contributed by atoms with Crippen molar-refractivity contribution < 1.29 is 8.78 Å². The van der Waals surface area contributed by atoms with Gasteiger partial charge in [0.05, 0.1) is 0 Å². The standard InChI is InChI=1S/C25H35ClF2/c1-2-5-18-8-10-19(11-9-18)6-3-4-7-20-12-14-21(15-13-20)22-16-23(27)25(26)24(28)17-22/h3,6,16-21H,2,4-5,7-15H2,1H3/b6-3+. The van der Waals surface area contributed by atoms with Gasteiger partial charge in [-0.3, -0.25) is 0 Å². The van der Waals surface area contributed by atoms with Crippen LogP contribution < -0.4 is 0 Å². The molecule has 2 aliphatic carbocycles. The van der Waals surface area contributed by atoms with Crippen LogP contribution in [-0.4, -0.2) is 0 Å². The molecule has 0 bridgehead atoms. The van der Waals surface area contributed by atoms with Crippen LogP contribution in [0.25, 0.3) is 0 Å². The van der Waals surface area contributed by atoms with E-state index >= 15 is 0 Å². The van der Waals surface area contributed by atoms with Crippen LogP contribution in [0.15, 0.2) is 24.3 Å². The molecule has 0 nitrogen and oxygen atoms in total. The lowest BCUT2D eigenvalue weighted by atomic mass is 9.77. The summed E-state index contributed by atoms with van der Waals surface area (Å²) in [6.45, 7) is 2.30. The van der Waals surface area contributed by atoms with Crippen LogP contribution in [-0.2, 0) is 0 Å². The molecule has 3 heteroatoms. The van der Waals surface area contributed by atoms with Crippen molar-refractivity contribution >= 4 is 11.6 Å². The number of halogens is 3. The fraction of sp³-hybridized carbons (Fsp3) is 0.680. The van der Waals surface area contributed by atoms with Gasteiger partial charge in [0.2, 0.25) is 0 Å². The highest BCUT2D eigenvalue weighted by Gasteiger charge is 2.24. The van der Waals surface area contributed by atoms with Gasteiger partial charge < -0.3 is 0 Å².